The molecule has 0 bridgehead atoms. The second-order valence-corrected chi connectivity index (χ2v) is 5.80. The van der Waals surface area contributed by atoms with Gasteiger partial charge in [0, 0.05) is 48.5 Å². The Bertz CT molecular complexity index is 880. The molecule has 0 heterocycles. The molecule has 0 aliphatic heterocycles. The average Bonchev–Trinajstić information content (AvgIpc) is 2.71. The summed E-state index contributed by atoms with van der Waals surface area (Å²) < 4.78 is 0. The maximum absolute atomic E-state index is 12.2. The molecule has 0 aliphatic rings. The molecule has 2 aromatic rings. The topological polar surface area (TPSA) is 130 Å². The number of carbonyl (C=O) groups is 3. The molecule has 0 saturated carbocycles. The second-order valence-electron chi connectivity index (χ2n) is 5.80. The Hall–Kier alpha value is -3.75. The van der Waals surface area contributed by atoms with Crippen LogP contribution in [-0.4, -0.2) is 35.7 Å². The fraction of sp³-hybridized carbons (Fsp3) is 0.211. The molecule has 2 rings (SSSR count). The molecule has 28 heavy (non-hydrogen) atoms. The van der Waals surface area contributed by atoms with Crippen molar-refractivity contribution in [3.63, 3.8) is 0 Å². The molecular formula is C19H20N4O5. The maximum atomic E-state index is 12.2. The maximum Gasteiger partial charge on any atom is 0.270 e. The van der Waals surface area contributed by atoms with Gasteiger partial charge in [0.15, 0.2) is 0 Å². The molecule has 9 nitrogen and oxygen atoms in total. The molecule has 0 unspecified atom stereocenters. The van der Waals surface area contributed by atoms with Crippen molar-refractivity contribution >= 4 is 29.1 Å². The van der Waals surface area contributed by atoms with E-state index in [0.29, 0.717) is 30.8 Å². The molecule has 0 aliphatic carbocycles. The number of benzene rings is 2. The minimum absolute atomic E-state index is 0.0851. The van der Waals surface area contributed by atoms with Gasteiger partial charge in [-0.3, -0.25) is 24.5 Å². The van der Waals surface area contributed by atoms with E-state index in [-0.39, 0.29) is 23.1 Å². The quantitative estimate of drug-likeness (QED) is 0.364. The number of nitrogens with zero attached hydrogens (tertiary/aromatic N) is 1. The number of nitro benzene ring substituents is 1. The third kappa shape index (κ3) is 5.90. The summed E-state index contributed by atoms with van der Waals surface area (Å²) in [5.74, 6) is -0.882. The van der Waals surface area contributed by atoms with E-state index in [9.17, 15) is 24.5 Å². The second kappa shape index (κ2) is 9.81. The number of hydrogen-bond acceptors (Lipinski definition) is 5. The Kier molecular flexibility index (Phi) is 7.21. The zero-order valence-corrected chi connectivity index (χ0v) is 15.2. The van der Waals surface area contributed by atoms with Crippen LogP contribution < -0.4 is 16.0 Å². The van der Waals surface area contributed by atoms with Gasteiger partial charge in [0.2, 0.25) is 5.91 Å². The lowest BCUT2D eigenvalue weighted by molar-refractivity contribution is -0.384. The van der Waals surface area contributed by atoms with Gasteiger partial charge in [0.05, 0.1) is 4.92 Å². The molecule has 146 valence electrons. The highest BCUT2D eigenvalue weighted by molar-refractivity contribution is 6.05. The Morgan fingerprint density at radius 1 is 0.929 bits per heavy atom. The van der Waals surface area contributed by atoms with E-state index in [0.717, 1.165) is 0 Å². The monoisotopic (exact) mass is 384 g/mol. The van der Waals surface area contributed by atoms with Gasteiger partial charge < -0.3 is 16.0 Å². The largest absolute Gasteiger partial charge is 0.354 e. The minimum Gasteiger partial charge on any atom is -0.354 e. The van der Waals surface area contributed by atoms with Gasteiger partial charge in [-0.1, -0.05) is 13.0 Å². The lowest BCUT2D eigenvalue weighted by Gasteiger charge is -2.08. The molecule has 0 radical (unpaired) electrons. The molecular weight excluding hydrogens is 364 g/mol. The summed E-state index contributed by atoms with van der Waals surface area (Å²) >= 11 is 0. The van der Waals surface area contributed by atoms with Gasteiger partial charge in [0.25, 0.3) is 17.5 Å². The molecule has 9 heteroatoms. The van der Waals surface area contributed by atoms with Crippen molar-refractivity contribution in [2.24, 2.45) is 0 Å². The van der Waals surface area contributed by atoms with Crippen LogP contribution in [0.1, 0.15) is 34.1 Å². The van der Waals surface area contributed by atoms with E-state index in [1.165, 1.54) is 24.3 Å². The first-order chi connectivity index (χ1) is 13.4. The molecule has 3 N–H and O–H groups in total. The van der Waals surface area contributed by atoms with Gasteiger partial charge >= 0.3 is 0 Å². The van der Waals surface area contributed by atoms with Crippen LogP contribution in [0.2, 0.25) is 0 Å². The highest BCUT2D eigenvalue weighted by atomic mass is 16.6. The van der Waals surface area contributed by atoms with E-state index >= 15 is 0 Å². The van der Waals surface area contributed by atoms with Crippen molar-refractivity contribution in [2.45, 2.75) is 13.3 Å². The number of non-ortho nitro benzene ring substituents is 1. The van der Waals surface area contributed by atoms with E-state index in [1.807, 2.05) is 0 Å². The van der Waals surface area contributed by atoms with Crippen LogP contribution in [0.5, 0.6) is 0 Å². The summed E-state index contributed by atoms with van der Waals surface area (Å²) in [7, 11) is 0. The lowest BCUT2D eigenvalue weighted by atomic mass is 10.1. The van der Waals surface area contributed by atoms with Crippen molar-refractivity contribution in [1.82, 2.24) is 10.6 Å². The van der Waals surface area contributed by atoms with Crippen LogP contribution in [0.15, 0.2) is 48.5 Å². The van der Waals surface area contributed by atoms with Gasteiger partial charge in [-0.2, -0.15) is 0 Å². The normalized spacial score (nSPS) is 10.0. The first-order valence-corrected chi connectivity index (χ1v) is 8.61. The third-order valence-corrected chi connectivity index (χ3v) is 3.78. The zero-order valence-electron chi connectivity index (χ0n) is 15.2. The summed E-state index contributed by atoms with van der Waals surface area (Å²) in [6.45, 7) is 2.39. The van der Waals surface area contributed by atoms with Crippen molar-refractivity contribution < 1.29 is 19.3 Å². The average molecular weight is 384 g/mol. The van der Waals surface area contributed by atoms with Crippen LogP contribution in [-0.2, 0) is 4.79 Å². The number of amides is 3. The standard InChI is InChI=1S/C19H20N4O5/c1-2-17(24)20-10-11-21-18(25)13-6-8-15(9-7-13)22-19(26)14-4-3-5-16(12-14)23(27)28/h3-9,12H,2,10-11H2,1H3,(H,20,24)(H,21,25)(H,22,26). The zero-order chi connectivity index (χ0) is 20.5. The van der Waals surface area contributed by atoms with Crippen molar-refractivity contribution in [3.05, 3.63) is 69.8 Å². The number of carbonyl (C=O) groups excluding carboxylic acids is 3. The lowest BCUT2D eigenvalue weighted by Crippen LogP contribution is -2.34. The minimum atomic E-state index is -0.572. The Morgan fingerprint density at radius 2 is 1.61 bits per heavy atom. The van der Waals surface area contributed by atoms with Crippen LogP contribution in [0.4, 0.5) is 11.4 Å². The molecule has 0 fully saturated rings. The number of nitrogens with one attached hydrogen (secondary N) is 3. The Morgan fingerprint density at radius 3 is 2.25 bits per heavy atom. The van der Waals surface area contributed by atoms with E-state index < -0.39 is 10.8 Å². The number of hydrogen-bond donors (Lipinski definition) is 3. The van der Waals surface area contributed by atoms with Crippen molar-refractivity contribution in [3.8, 4) is 0 Å². The molecule has 3 amide bonds. The summed E-state index contributed by atoms with van der Waals surface area (Å²) in [5, 5.41) is 18.7. The van der Waals surface area contributed by atoms with Gasteiger partial charge in [-0.25, -0.2) is 0 Å². The molecule has 2 aromatic carbocycles. The smallest absolute Gasteiger partial charge is 0.270 e. The molecule has 0 saturated heterocycles. The molecule has 0 aromatic heterocycles. The van der Waals surface area contributed by atoms with Crippen molar-refractivity contribution in [1.29, 1.82) is 0 Å². The first kappa shape index (κ1) is 20.6. The summed E-state index contributed by atoms with van der Waals surface area (Å²) in [4.78, 5) is 45.6. The molecule has 0 spiro atoms. The van der Waals surface area contributed by atoms with Crippen LogP contribution in [0.25, 0.3) is 0 Å². The number of anilines is 1. The molecule has 0 atom stereocenters. The SMILES string of the molecule is CCC(=O)NCCNC(=O)c1ccc(NC(=O)c2cccc([N+](=O)[O-])c2)cc1. The Balaban J connectivity index is 1.90. The van der Waals surface area contributed by atoms with Gasteiger partial charge in [-0.05, 0) is 30.3 Å². The van der Waals surface area contributed by atoms with E-state index in [1.54, 1.807) is 31.2 Å². The highest BCUT2D eigenvalue weighted by Crippen LogP contribution is 2.16. The van der Waals surface area contributed by atoms with Gasteiger partial charge in [-0.15, -0.1) is 0 Å². The van der Waals surface area contributed by atoms with E-state index in [2.05, 4.69) is 16.0 Å². The van der Waals surface area contributed by atoms with Crippen LogP contribution in [0, 0.1) is 10.1 Å². The number of nitro groups is 1. The van der Waals surface area contributed by atoms with Crippen molar-refractivity contribution in [2.75, 3.05) is 18.4 Å². The van der Waals surface area contributed by atoms with Crippen LogP contribution >= 0.6 is 0 Å². The van der Waals surface area contributed by atoms with Crippen LogP contribution in [0.3, 0.4) is 0 Å². The first-order valence-electron chi connectivity index (χ1n) is 8.61. The fourth-order valence-electron chi connectivity index (χ4n) is 2.27. The predicted octanol–water partition coefficient (Wildman–Crippen LogP) is 2.10. The van der Waals surface area contributed by atoms with E-state index in [4.69, 9.17) is 0 Å². The summed E-state index contributed by atoms with van der Waals surface area (Å²) in [5.41, 5.74) is 0.832. The Labute approximate surface area is 161 Å². The highest BCUT2D eigenvalue weighted by Gasteiger charge is 2.12. The predicted molar refractivity (Wildman–Crippen MR) is 103 cm³/mol. The third-order valence-electron chi connectivity index (χ3n) is 3.78. The van der Waals surface area contributed by atoms with Gasteiger partial charge in [0.1, 0.15) is 0 Å². The number of rotatable bonds is 8. The fourth-order valence-corrected chi connectivity index (χ4v) is 2.27. The summed E-state index contributed by atoms with van der Waals surface area (Å²) in [6.07, 6.45) is 0.386. The summed E-state index contributed by atoms with van der Waals surface area (Å²) in [6, 6.07) is 11.6.